The number of thioether (sulfide) groups is 2. The second-order valence-electron chi connectivity index (χ2n) is 6.23. The molecule has 0 bridgehead atoms. The first-order valence-corrected chi connectivity index (χ1v) is 10.8. The summed E-state index contributed by atoms with van der Waals surface area (Å²) >= 11 is 2.89. The third-order valence-electron chi connectivity index (χ3n) is 4.38. The quantitative estimate of drug-likeness (QED) is 0.576. The topological polar surface area (TPSA) is 63.9 Å². The summed E-state index contributed by atoms with van der Waals surface area (Å²) in [5.41, 5.74) is 1.63. The number of amides is 1. The Bertz CT molecular complexity index is 952. The number of carbonyl (C=O) groups is 1. The molecule has 3 aromatic rings. The molecule has 2 heterocycles. The van der Waals surface area contributed by atoms with Crippen LogP contribution in [0, 0.1) is 5.82 Å². The highest BCUT2D eigenvalue weighted by atomic mass is 32.2. The summed E-state index contributed by atoms with van der Waals surface area (Å²) in [4.78, 5) is 14.5. The fraction of sp³-hybridized carbons (Fsp3) is 0.263. The van der Waals surface area contributed by atoms with Gasteiger partial charge in [-0.05, 0) is 22.1 Å². The van der Waals surface area contributed by atoms with Crippen LogP contribution in [0.15, 0.2) is 59.8 Å². The van der Waals surface area contributed by atoms with Crippen LogP contribution in [0.25, 0.3) is 0 Å². The molecule has 0 N–H and O–H groups in total. The Balaban J connectivity index is 1.41. The molecule has 4 rings (SSSR count). The van der Waals surface area contributed by atoms with Gasteiger partial charge in [-0.1, -0.05) is 60.3 Å². The maximum absolute atomic E-state index is 14.2. The Hall–Kier alpha value is -2.39. The average Bonchev–Trinajstić information content (AvgIpc) is 3.37. The van der Waals surface area contributed by atoms with Crippen molar-refractivity contribution in [3.05, 3.63) is 71.5 Å². The van der Waals surface area contributed by atoms with Crippen molar-refractivity contribution in [3.8, 4) is 0 Å². The molecular formula is C19H18FN5OS2. The molecule has 0 aliphatic carbocycles. The fourth-order valence-corrected chi connectivity index (χ4v) is 5.08. The third-order valence-corrected chi connectivity index (χ3v) is 6.57. The van der Waals surface area contributed by atoms with Gasteiger partial charge in [-0.25, -0.2) is 9.07 Å². The number of nitrogens with zero attached hydrogens (tertiary/aromatic N) is 5. The summed E-state index contributed by atoms with van der Waals surface area (Å²) in [6.45, 7) is 1.15. The normalized spacial score (nSPS) is 16.5. The standard InChI is InChI=1S/C19H18FN5OS2/c20-16-9-5-4-8-15(16)18-24(10-11-27-18)17(26)13-28-19-21-22-23-25(19)12-14-6-2-1-3-7-14/h1-9,18H,10-13H2. The number of carbonyl (C=O) groups excluding carboxylic acids is 1. The maximum atomic E-state index is 14.2. The molecule has 0 radical (unpaired) electrons. The van der Waals surface area contributed by atoms with E-state index in [2.05, 4.69) is 15.5 Å². The van der Waals surface area contributed by atoms with Gasteiger partial charge in [0.2, 0.25) is 11.1 Å². The Morgan fingerprint density at radius 3 is 2.79 bits per heavy atom. The third kappa shape index (κ3) is 4.20. The summed E-state index contributed by atoms with van der Waals surface area (Å²) in [6.07, 6.45) is 0. The number of benzene rings is 2. The van der Waals surface area contributed by atoms with Crippen molar-refractivity contribution in [3.63, 3.8) is 0 Å². The van der Waals surface area contributed by atoms with E-state index >= 15 is 0 Å². The molecule has 9 heteroatoms. The van der Waals surface area contributed by atoms with Crippen LogP contribution in [0.2, 0.25) is 0 Å². The number of aromatic nitrogens is 4. The second-order valence-corrected chi connectivity index (χ2v) is 8.36. The van der Waals surface area contributed by atoms with Gasteiger partial charge in [-0.2, -0.15) is 0 Å². The van der Waals surface area contributed by atoms with Gasteiger partial charge >= 0.3 is 0 Å². The van der Waals surface area contributed by atoms with Crippen molar-refractivity contribution >= 4 is 29.4 Å². The Morgan fingerprint density at radius 2 is 1.96 bits per heavy atom. The van der Waals surface area contributed by atoms with Crippen LogP contribution in [0.4, 0.5) is 4.39 Å². The lowest BCUT2D eigenvalue weighted by atomic mass is 10.2. The van der Waals surface area contributed by atoms with Crippen LogP contribution in [-0.2, 0) is 11.3 Å². The Kier molecular flexibility index (Phi) is 5.92. The van der Waals surface area contributed by atoms with E-state index < -0.39 is 0 Å². The van der Waals surface area contributed by atoms with E-state index in [0.29, 0.717) is 23.8 Å². The Labute approximate surface area is 170 Å². The second kappa shape index (κ2) is 8.74. The van der Waals surface area contributed by atoms with Crippen LogP contribution < -0.4 is 0 Å². The van der Waals surface area contributed by atoms with E-state index in [-0.39, 0.29) is 22.9 Å². The lowest BCUT2D eigenvalue weighted by molar-refractivity contribution is -0.128. The van der Waals surface area contributed by atoms with Crippen molar-refractivity contribution in [2.24, 2.45) is 0 Å². The number of tetrazole rings is 1. The zero-order valence-corrected chi connectivity index (χ0v) is 16.6. The van der Waals surface area contributed by atoms with E-state index in [1.807, 2.05) is 30.3 Å². The molecule has 1 aliphatic rings. The summed E-state index contributed by atoms with van der Waals surface area (Å²) in [7, 11) is 0. The van der Waals surface area contributed by atoms with Gasteiger partial charge in [-0.15, -0.1) is 16.9 Å². The monoisotopic (exact) mass is 415 g/mol. The predicted molar refractivity (Wildman–Crippen MR) is 107 cm³/mol. The van der Waals surface area contributed by atoms with Gasteiger partial charge in [0, 0.05) is 17.9 Å². The van der Waals surface area contributed by atoms with Crippen molar-refractivity contribution in [1.82, 2.24) is 25.1 Å². The molecule has 1 aliphatic heterocycles. The first kappa shape index (κ1) is 18.9. The number of halogens is 1. The summed E-state index contributed by atoms with van der Waals surface area (Å²) in [5.74, 6) is 0.679. The molecule has 0 saturated carbocycles. The molecule has 1 atom stereocenters. The van der Waals surface area contributed by atoms with E-state index in [4.69, 9.17) is 0 Å². The molecule has 2 aromatic carbocycles. The summed E-state index contributed by atoms with van der Waals surface area (Å²) < 4.78 is 15.8. The number of hydrogen-bond donors (Lipinski definition) is 0. The van der Waals surface area contributed by atoms with E-state index in [0.717, 1.165) is 11.3 Å². The first-order valence-electron chi connectivity index (χ1n) is 8.81. The van der Waals surface area contributed by atoms with Crippen LogP contribution >= 0.6 is 23.5 Å². The van der Waals surface area contributed by atoms with Crippen LogP contribution in [-0.4, -0.2) is 49.1 Å². The summed E-state index contributed by atoms with van der Waals surface area (Å²) in [6, 6.07) is 16.5. The fourth-order valence-electron chi connectivity index (χ4n) is 3.02. The average molecular weight is 416 g/mol. The molecule has 144 valence electrons. The van der Waals surface area contributed by atoms with Gasteiger partial charge in [0.05, 0.1) is 12.3 Å². The van der Waals surface area contributed by atoms with Crippen molar-refractivity contribution in [2.75, 3.05) is 18.1 Å². The van der Waals surface area contributed by atoms with Gasteiger partial charge in [0.15, 0.2) is 0 Å². The molecular weight excluding hydrogens is 397 g/mol. The molecule has 1 saturated heterocycles. The summed E-state index contributed by atoms with van der Waals surface area (Å²) in [5, 5.41) is 12.1. The minimum Gasteiger partial charge on any atom is -0.325 e. The van der Waals surface area contributed by atoms with E-state index in [1.54, 1.807) is 39.5 Å². The van der Waals surface area contributed by atoms with Gasteiger partial charge in [0.1, 0.15) is 11.2 Å². The maximum Gasteiger partial charge on any atom is 0.234 e. The largest absolute Gasteiger partial charge is 0.325 e. The molecule has 1 fully saturated rings. The van der Waals surface area contributed by atoms with E-state index in [9.17, 15) is 9.18 Å². The minimum atomic E-state index is -0.283. The molecule has 1 amide bonds. The molecule has 1 unspecified atom stereocenters. The zero-order valence-electron chi connectivity index (χ0n) is 14.9. The molecule has 28 heavy (non-hydrogen) atoms. The lowest BCUT2D eigenvalue weighted by Crippen LogP contribution is -2.32. The number of rotatable bonds is 6. The molecule has 1 aromatic heterocycles. The highest BCUT2D eigenvalue weighted by Crippen LogP contribution is 2.39. The first-order chi connectivity index (χ1) is 13.7. The Morgan fingerprint density at radius 1 is 1.18 bits per heavy atom. The van der Waals surface area contributed by atoms with Gasteiger partial charge < -0.3 is 4.90 Å². The van der Waals surface area contributed by atoms with Crippen LogP contribution in [0.5, 0.6) is 0 Å². The van der Waals surface area contributed by atoms with Gasteiger partial charge in [-0.3, -0.25) is 4.79 Å². The smallest absolute Gasteiger partial charge is 0.234 e. The van der Waals surface area contributed by atoms with Gasteiger partial charge in [0.25, 0.3) is 0 Å². The minimum absolute atomic E-state index is 0.0440. The number of hydrogen-bond acceptors (Lipinski definition) is 6. The van der Waals surface area contributed by atoms with Crippen molar-refractivity contribution < 1.29 is 9.18 Å². The van der Waals surface area contributed by atoms with Crippen LogP contribution in [0.1, 0.15) is 16.5 Å². The predicted octanol–water partition coefficient (Wildman–Crippen LogP) is 3.23. The van der Waals surface area contributed by atoms with Crippen LogP contribution in [0.3, 0.4) is 0 Å². The lowest BCUT2D eigenvalue weighted by Gasteiger charge is -2.24. The van der Waals surface area contributed by atoms with Crippen molar-refractivity contribution in [1.29, 1.82) is 0 Å². The highest BCUT2D eigenvalue weighted by molar-refractivity contribution is 8.00. The highest BCUT2D eigenvalue weighted by Gasteiger charge is 2.32. The van der Waals surface area contributed by atoms with Crippen molar-refractivity contribution in [2.45, 2.75) is 17.1 Å². The molecule has 6 nitrogen and oxygen atoms in total. The zero-order chi connectivity index (χ0) is 19.3. The molecule has 0 spiro atoms. The SMILES string of the molecule is O=C(CSc1nnnn1Cc1ccccc1)N1CCSC1c1ccccc1F. The van der Waals surface area contributed by atoms with E-state index in [1.165, 1.54) is 17.8 Å².